The largest absolute Gasteiger partial charge is 0.497 e. The fourth-order valence-corrected chi connectivity index (χ4v) is 1.44. The molecular formula is C15H24O3. The van der Waals surface area contributed by atoms with Crippen molar-refractivity contribution in [1.82, 2.24) is 0 Å². The van der Waals surface area contributed by atoms with Crippen molar-refractivity contribution in [3.8, 4) is 5.75 Å². The maximum absolute atomic E-state index is 5.47. The van der Waals surface area contributed by atoms with Gasteiger partial charge >= 0.3 is 0 Å². The Bertz CT molecular complexity index is 300. The zero-order chi connectivity index (χ0) is 13.2. The lowest BCUT2D eigenvalue weighted by atomic mass is 10.2. The van der Waals surface area contributed by atoms with Crippen LogP contribution in [0, 0.1) is 0 Å². The van der Waals surface area contributed by atoms with Gasteiger partial charge in [0.15, 0.2) is 6.29 Å². The van der Waals surface area contributed by atoms with E-state index in [1.807, 2.05) is 24.3 Å². The molecule has 0 radical (unpaired) electrons. The van der Waals surface area contributed by atoms with E-state index in [0.29, 0.717) is 0 Å². The van der Waals surface area contributed by atoms with Gasteiger partial charge in [-0.15, -0.1) is 0 Å². The molecule has 3 heteroatoms. The van der Waals surface area contributed by atoms with E-state index in [1.165, 1.54) is 12.8 Å². The summed E-state index contributed by atoms with van der Waals surface area (Å²) in [5.41, 5.74) is 1.05. The second kappa shape index (κ2) is 8.95. The minimum Gasteiger partial charge on any atom is -0.497 e. The average molecular weight is 252 g/mol. The second-order valence-corrected chi connectivity index (χ2v) is 4.20. The summed E-state index contributed by atoms with van der Waals surface area (Å²) in [7, 11) is 1.66. The Kier molecular flexibility index (Phi) is 7.46. The van der Waals surface area contributed by atoms with Crippen LogP contribution >= 0.6 is 0 Å². The summed E-state index contributed by atoms with van der Waals surface area (Å²) in [5, 5.41) is 0. The number of hydrogen-bond acceptors (Lipinski definition) is 3. The molecule has 0 saturated carbocycles. The van der Waals surface area contributed by atoms with Crippen LogP contribution in [0.15, 0.2) is 24.3 Å². The highest BCUT2D eigenvalue weighted by atomic mass is 16.7. The molecule has 1 aromatic carbocycles. The van der Waals surface area contributed by atoms with E-state index in [1.54, 1.807) is 7.11 Å². The first-order valence-electron chi connectivity index (χ1n) is 6.69. The highest BCUT2D eigenvalue weighted by Gasteiger charge is 2.15. The van der Waals surface area contributed by atoms with Crippen molar-refractivity contribution >= 4 is 0 Å². The molecular weight excluding hydrogens is 228 g/mol. The lowest BCUT2D eigenvalue weighted by Crippen LogP contribution is -2.17. The average Bonchev–Trinajstić information content (AvgIpc) is 2.48. The molecule has 0 unspecified atom stereocenters. The molecule has 0 spiro atoms. The van der Waals surface area contributed by atoms with Crippen LogP contribution in [-0.2, 0) is 9.47 Å². The van der Waals surface area contributed by atoms with Gasteiger partial charge in [0.2, 0.25) is 0 Å². The Morgan fingerprint density at radius 3 is 2.06 bits per heavy atom. The minimum absolute atomic E-state index is 0.199. The van der Waals surface area contributed by atoms with E-state index in [0.717, 1.165) is 30.9 Å². The smallest absolute Gasteiger partial charge is 0.183 e. The van der Waals surface area contributed by atoms with E-state index in [-0.39, 0.29) is 6.29 Å². The van der Waals surface area contributed by atoms with Crippen LogP contribution in [0.2, 0.25) is 0 Å². The molecule has 0 bridgehead atoms. The number of unbranched alkanes of at least 4 members (excludes halogenated alkanes) is 1. The van der Waals surface area contributed by atoms with Crippen molar-refractivity contribution in [2.24, 2.45) is 0 Å². The quantitative estimate of drug-likeness (QED) is 0.815. The molecule has 2 rings (SSSR count). The third-order valence-corrected chi connectivity index (χ3v) is 2.72. The molecule has 0 aromatic heterocycles. The summed E-state index contributed by atoms with van der Waals surface area (Å²) in [6.07, 6.45) is 3.42. The van der Waals surface area contributed by atoms with Gasteiger partial charge in [-0.25, -0.2) is 0 Å². The predicted octanol–water partition coefficient (Wildman–Crippen LogP) is 3.94. The lowest BCUT2D eigenvalue weighted by molar-refractivity contribution is -0.183. The van der Waals surface area contributed by atoms with Gasteiger partial charge in [0.1, 0.15) is 5.75 Å². The highest BCUT2D eigenvalue weighted by Crippen LogP contribution is 2.24. The first-order chi connectivity index (χ1) is 8.81. The first kappa shape index (κ1) is 15.0. The van der Waals surface area contributed by atoms with Crippen LogP contribution in [0.3, 0.4) is 0 Å². The Labute approximate surface area is 110 Å². The molecule has 1 aromatic rings. The summed E-state index contributed by atoms with van der Waals surface area (Å²) < 4.78 is 16.0. The standard InChI is InChI=1S/C11H14O3.C4H10/c1-12-10-5-3-9(4-6-10)11-13-7-2-8-14-11;1-3-4-2/h3-6,11H,2,7-8H2,1H3;3-4H2,1-2H3. The third-order valence-electron chi connectivity index (χ3n) is 2.72. The zero-order valence-corrected chi connectivity index (χ0v) is 11.6. The van der Waals surface area contributed by atoms with Gasteiger partial charge in [-0.3, -0.25) is 0 Å². The number of hydrogen-bond donors (Lipinski definition) is 0. The molecule has 1 aliphatic heterocycles. The number of methoxy groups -OCH3 is 1. The molecule has 1 aliphatic rings. The molecule has 1 heterocycles. The van der Waals surface area contributed by atoms with Gasteiger partial charge in [-0.2, -0.15) is 0 Å². The Morgan fingerprint density at radius 2 is 1.61 bits per heavy atom. The van der Waals surface area contributed by atoms with Crippen LogP contribution in [-0.4, -0.2) is 20.3 Å². The van der Waals surface area contributed by atoms with Gasteiger partial charge in [0.25, 0.3) is 0 Å². The Balaban J connectivity index is 0.000000357. The van der Waals surface area contributed by atoms with Gasteiger partial charge in [-0.1, -0.05) is 38.8 Å². The maximum Gasteiger partial charge on any atom is 0.183 e. The van der Waals surface area contributed by atoms with Gasteiger partial charge < -0.3 is 14.2 Å². The summed E-state index contributed by atoms with van der Waals surface area (Å²) in [5.74, 6) is 0.851. The normalized spacial score (nSPS) is 15.7. The fourth-order valence-electron chi connectivity index (χ4n) is 1.44. The van der Waals surface area contributed by atoms with E-state index >= 15 is 0 Å². The van der Waals surface area contributed by atoms with Crippen LogP contribution < -0.4 is 4.74 Å². The van der Waals surface area contributed by atoms with Crippen molar-refractivity contribution in [3.63, 3.8) is 0 Å². The third kappa shape index (κ3) is 5.07. The van der Waals surface area contributed by atoms with Crippen LogP contribution in [0.4, 0.5) is 0 Å². The molecule has 18 heavy (non-hydrogen) atoms. The molecule has 0 N–H and O–H groups in total. The summed E-state index contributed by atoms with van der Waals surface area (Å²) >= 11 is 0. The minimum atomic E-state index is -0.199. The Hall–Kier alpha value is -1.06. The Morgan fingerprint density at radius 1 is 1.06 bits per heavy atom. The molecule has 102 valence electrons. The SMILES string of the molecule is CCCC.COc1ccc(C2OCCCO2)cc1. The van der Waals surface area contributed by atoms with Gasteiger partial charge in [-0.05, 0) is 18.6 Å². The lowest BCUT2D eigenvalue weighted by Gasteiger charge is -2.23. The van der Waals surface area contributed by atoms with Gasteiger partial charge in [0.05, 0.1) is 20.3 Å². The van der Waals surface area contributed by atoms with Gasteiger partial charge in [0, 0.05) is 5.56 Å². The van der Waals surface area contributed by atoms with Crippen LogP contribution in [0.25, 0.3) is 0 Å². The molecule has 1 fully saturated rings. The van der Waals surface area contributed by atoms with Crippen LogP contribution in [0.1, 0.15) is 45.0 Å². The first-order valence-corrected chi connectivity index (χ1v) is 6.69. The predicted molar refractivity (Wildman–Crippen MR) is 72.8 cm³/mol. The van der Waals surface area contributed by atoms with Crippen molar-refractivity contribution in [1.29, 1.82) is 0 Å². The fraction of sp³-hybridized carbons (Fsp3) is 0.600. The number of rotatable bonds is 3. The van der Waals surface area contributed by atoms with Crippen LogP contribution in [0.5, 0.6) is 5.75 Å². The molecule has 1 saturated heterocycles. The number of ether oxygens (including phenoxy) is 3. The van der Waals surface area contributed by atoms with E-state index in [9.17, 15) is 0 Å². The molecule has 0 amide bonds. The molecule has 0 atom stereocenters. The van der Waals surface area contributed by atoms with Crippen molar-refractivity contribution in [2.45, 2.75) is 39.4 Å². The molecule has 3 nitrogen and oxygen atoms in total. The molecule has 0 aliphatic carbocycles. The van der Waals surface area contributed by atoms with E-state index in [2.05, 4.69) is 13.8 Å². The van der Waals surface area contributed by atoms with Crippen molar-refractivity contribution in [2.75, 3.05) is 20.3 Å². The number of benzene rings is 1. The summed E-state index contributed by atoms with van der Waals surface area (Å²) in [4.78, 5) is 0. The summed E-state index contributed by atoms with van der Waals surface area (Å²) in [6.45, 7) is 5.91. The van der Waals surface area contributed by atoms with Crippen molar-refractivity contribution in [3.05, 3.63) is 29.8 Å². The second-order valence-electron chi connectivity index (χ2n) is 4.20. The monoisotopic (exact) mass is 252 g/mol. The summed E-state index contributed by atoms with van der Waals surface area (Å²) in [6, 6.07) is 7.76. The van der Waals surface area contributed by atoms with Crippen molar-refractivity contribution < 1.29 is 14.2 Å². The topological polar surface area (TPSA) is 27.7 Å². The highest BCUT2D eigenvalue weighted by molar-refractivity contribution is 5.27. The maximum atomic E-state index is 5.47. The van der Waals surface area contributed by atoms with E-state index < -0.39 is 0 Å². The van der Waals surface area contributed by atoms with E-state index in [4.69, 9.17) is 14.2 Å². The zero-order valence-electron chi connectivity index (χ0n) is 11.6.